The molecule has 1 unspecified atom stereocenters. The van der Waals surface area contributed by atoms with Gasteiger partial charge in [0, 0.05) is 39.8 Å². The summed E-state index contributed by atoms with van der Waals surface area (Å²) in [5, 5.41) is 11.2. The molecule has 0 aliphatic rings. The molecule has 0 spiro atoms. The Morgan fingerprint density at radius 3 is 2.84 bits per heavy atom. The van der Waals surface area contributed by atoms with Gasteiger partial charge in [-0.2, -0.15) is 0 Å². The Morgan fingerprint density at radius 2 is 2.21 bits per heavy atom. The predicted molar refractivity (Wildman–Crippen MR) is 76.9 cm³/mol. The van der Waals surface area contributed by atoms with E-state index in [0.29, 0.717) is 27.8 Å². The van der Waals surface area contributed by atoms with Crippen LogP contribution in [0.1, 0.15) is 21.5 Å². The standard InChI is InChI=1S/C12H15NO4S2/c1-2-19(17)8-7-13-12(16)10-5-3-9(18-10)4-6-11(14)15/h3-6H,2,7-8H2,1H3,(H,13,16)(H,14,15)/b6-4+. The van der Waals surface area contributed by atoms with E-state index >= 15 is 0 Å². The van der Waals surface area contributed by atoms with Gasteiger partial charge in [-0.1, -0.05) is 6.92 Å². The second kappa shape index (κ2) is 7.85. The van der Waals surface area contributed by atoms with E-state index in [2.05, 4.69) is 5.32 Å². The molecule has 0 aromatic carbocycles. The minimum atomic E-state index is -1.03. The summed E-state index contributed by atoms with van der Waals surface area (Å²) in [5.41, 5.74) is 0. The Kier molecular flexibility index (Phi) is 6.44. The number of aliphatic carboxylic acids is 1. The lowest BCUT2D eigenvalue weighted by molar-refractivity contribution is -0.131. The van der Waals surface area contributed by atoms with Crippen molar-refractivity contribution in [1.29, 1.82) is 0 Å². The van der Waals surface area contributed by atoms with Crippen molar-refractivity contribution in [2.24, 2.45) is 0 Å². The zero-order chi connectivity index (χ0) is 14.3. The van der Waals surface area contributed by atoms with Crippen LogP contribution in [0, 0.1) is 0 Å². The minimum Gasteiger partial charge on any atom is -0.478 e. The van der Waals surface area contributed by atoms with Crippen LogP contribution in [-0.4, -0.2) is 39.2 Å². The highest BCUT2D eigenvalue weighted by Crippen LogP contribution is 2.17. The van der Waals surface area contributed by atoms with E-state index in [1.54, 1.807) is 12.1 Å². The third-order valence-electron chi connectivity index (χ3n) is 2.18. The Hall–Kier alpha value is -1.47. The zero-order valence-corrected chi connectivity index (χ0v) is 12.1. The second-order valence-corrected chi connectivity index (χ2v) is 6.54. The summed E-state index contributed by atoms with van der Waals surface area (Å²) in [6.07, 6.45) is 2.47. The molecule has 0 aliphatic heterocycles. The molecule has 1 rings (SSSR count). The van der Waals surface area contributed by atoms with Gasteiger partial charge in [0.25, 0.3) is 5.91 Å². The van der Waals surface area contributed by atoms with Gasteiger partial charge in [0.2, 0.25) is 0 Å². The maximum absolute atomic E-state index is 11.7. The molecule has 0 saturated heterocycles. The van der Waals surface area contributed by atoms with Crippen LogP contribution in [0.15, 0.2) is 18.2 Å². The fourth-order valence-corrected chi connectivity index (χ4v) is 2.67. The number of nitrogens with one attached hydrogen (secondary N) is 1. The predicted octanol–water partition coefficient (Wildman–Crippen LogP) is 1.34. The van der Waals surface area contributed by atoms with Crippen LogP contribution in [0.2, 0.25) is 0 Å². The number of carboxylic acids is 1. The zero-order valence-electron chi connectivity index (χ0n) is 10.4. The molecule has 0 aliphatic carbocycles. The van der Waals surface area contributed by atoms with Crippen LogP contribution < -0.4 is 5.32 Å². The first-order chi connectivity index (χ1) is 9.02. The first kappa shape index (κ1) is 15.6. The third-order valence-corrected chi connectivity index (χ3v) is 4.53. The molecule has 19 heavy (non-hydrogen) atoms. The first-order valence-corrected chi connectivity index (χ1v) is 7.97. The number of carbonyl (C=O) groups excluding carboxylic acids is 1. The summed E-state index contributed by atoms with van der Waals surface area (Å²) < 4.78 is 11.2. The summed E-state index contributed by atoms with van der Waals surface area (Å²) in [6.45, 7) is 2.20. The molecule has 1 heterocycles. The highest BCUT2D eigenvalue weighted by Gasteiger charge is 2.08. The van der Waals surface area contributed by atoms with Gasteiger partial charge in [-0.25, -0.2) is 4.79 Å². The van der Waals surface area contributed by atoms with Crippen molar-refractivity contribution >= 4 is 40.1 Å². The van der Waals surface area contributed by atoms with Crippen LogP contribution in [0.25, 0.3) is 6.08 Å². The van der Waals surface area contributed by atoms with Gasteiger partial charge in [-0.15, -0.1) is 11.3 Å². The summed E-state index contributed by atoms with van der Waals surface area (Å²) in [4.78, 5) is 23.3. The first-order valence-electron chi connectivity index (χ1n) is 5.67. The molecule has 0 fully saturated rings. The number of amides is 1. The minimum absolute atomic E-state index is 0.229. The van der Waals surface area contributed by atoms with E-state index < -0.39 is 16.8 Å². The van der Waals surface area contributed by atoms with Crippen LogP contribution in [0.3, 0.4) is 0 Å². The normalized spacial score (nSPS) is 12.5. The molecule has 1 amide bonds. The van der Waals surface area contributed by atoms with E-state index in [9.17, 15) is 13.8 Å². The number of thiophene rings is 1. The largest absolute Gasteiger partial charge is 0.478 e. The smallest absolute Gasteiger partial charge is 0.328 e. The van der Waals surface area contributed by atoms with Crippen molar-refractivity contribution in [2.75, 3.05) is 18.1 Å². The summed E-state index contributed by atoms with van der Waals surface area (Å²) >= 11 is 1.21. The maximum Gasteiger partial charge on any atom is 0.328 e. The van der Waals surface area contributed by atoms with Crippen LogP contribution in [0.5, 0.6) is 0 Å². The van der Waals surface area contributed by atoms with Gasteiger partial charge >= 0.3 is 5.97 Å². The van der Waals surface area contributed by atoms with E-state index in [-0.39, 0.29) is 5.91 Å². The van der Waals surface area contributed by atoms with E-state index in [1.807, 2.05) is 6.92 Å². The van der Waals surface area contributed by atoms with Gasteiger partial charge in [-0.05, 0) is 18.2 Å². The second-order valence-electron chi connectivity index (χ2n) is 3.56. The van der Waals surface area contributed by atoms with Crippen LogP contribution in [-0.2, 0) is 15.6 Å². The summed E-state index contributed by atoms with van der Waals surface area (Å²) in [6, 6.07) is 3.32. The molecule has 0 radical (unpaired) electrons. The Balaban J connectivity index is 2.49. The van der Waals surface area contributed by atoms with Gasteiger partial charge in [0.15, 0.2) is 0 Å². The van der Waals surface area contributed by atoms with Gasteiger partial charge in [0.1, 0.15) is 0 Å². The number of carboxylic acid groups (broad SMARTS) is 1. The fraction of sp³-hybridized carbons (Fsp3) is 0.333. The molecule has 7 heteroatoms. The number of carbonyl (C=O) groups is 2. The lowest BCUT2D eigenvalue weighted by Gasteiger charge is -2.02. The highest BCUT2D eigenvalue weighted by molar-refractivity contribution is 7.84. The van der Waals surface area contributed by atoms with E-state index in [0.717, 1.165) is 6.08 Å². The molecule has 0 bridgehead atoms. The van der Waals surface area contributed by atoms with Crippen molar-refractivity contribution in [1.82, 2.24) is 5.32 Å². The molecule has 1 aromatic heterocycles. The van der Waals surface area contributed by atoms with E-state index in [4.69, 9.17) is 5.11 Å². The fourth-order valence-electron chi connectivity index (χ4n) is 1.23. The monoisotopic (exact) mass is 301 g/mol. The maximum atomic E-state index is 11.7. The molecule has 0 saturated carbocycles. The number of hydrogen-bond acceptors (Lipinski definition) is 4. The Labute approximate surface area is 117 Å². The van der Waals surface area contributed by atoms with Gasteiger partial charge in [0.05, 0.1) is 4.88 Å². The lowest BCUT2D eigenvalue weighted by Crippen LogP contribution is -2.27. The van der Waals surface area contributed by atoms with Crippen molar-refractivity contribution < 1.29 is 18.9 Å². The SMILES string of the molecule is CCS(=O)CCNC(=O)c1ccc(/C=C/C(=O)O)s1. The Morgan fingerprint density at radius 1 is 1.47 bits per heavy atom. The van der Waals surface area contributed by atoms with Crippen molar-refractivity contribution in [3.63, 3.8) is 0 Å². The van der Waals surface area contributed by atoms with Crippen molar-refractivity contribution in [3.8, 4) is 0 Å². The Bertz CT molecular complexity index is 508. The van der Waals surface area contributed by atoms with Gasteiger partial charge in [-0.3, -0.25) is 9.00 Å². The molecule has 104 valence electrons. The number of rotatable bonds is 7. The van der Waals surface area contributed by atoms with Crippen LogP contribution >= 0.6 is 11.3 Å². The molecular formula is C12H15NO4S2. The average Bonchev–Trinajstić information content (AvgIpc) is 2.84. The van der Waals surface area contributed by atoms with Crippen LogP contribution in [0.4, 0.5) is 0 Å². The molecule has 1 atom stereocenters. The molecule has 5 nitrogen and oxygen atoms in total. The molecule has 1 aromatic rings. The summed E-state index contributed by atoms with van der Waals surface area (Å²) in [7, 11) is -0.891. The van der Waals surface area contributed by atoms with E-state index in [1.165, 1.54) is 17.4 Å². The average molecular weight is 301 g/mol. The third kappa shape index (κ3) is 5.80. The van der Waals surface area contributed by atoms with Crippen molar-refractivity contribution in [3.05, 3.63) is 28.0 Å². The molecular weight excluding hydrogens is 286 g/mol. The summed E-state index contributed by atoms with van der Waals surface area (Å²) in [5.74, 6) is -0.229. The number of hydrogen-bond donors (Lipinski definition) is 2. The highest BCUT2D eigenvalue weighted by atomic mass is 32.2. The lowest BCUT2D eigenvalue weighted by atomic mass is 10.4. The quantitative estimate of drug-likeness (QED) is 0.745. The van der Waals surface area contributed by atoms with Crippen molar-refractivity contribution in [2.45, 2.75) is 6.92 Å². The molecule has 2 N–H and O–H groups in total. The van der Waals surface area contributed by atoms with Gasteiger partial charge < -0.3 is 10.4 Å². The topological polar surface area (TPSA) is 83.5 Å².